The molecular weight excluding hydrogens is 558 g/mol. The molecule has 0 aliphatic heterocycles. The van der Waals surface area contributed by atoms with Crippen molar-refractivity contribution in [2.45, 2.75) is 0 Å². The molecule has 0 radical (unpaired) electrons. The van der Waals surface area contributed by atoms with Crippen molar-refractivity contribution < 1.29 is 19.8 Å². The van der Waals surface area contributed by atoms with Crippen LogP contribution in [0.5, 0.6) is 0 Å². The molecule has 0 saturated carbocycles. The molecule has 0 N–H and O–H groups in total. The molecule has 0 fully saturated rings. The second-order valence-corrected chi connectivity index (χ2v) is 19.2. The van der Waals surface area contributed by atoms with Gasteiger partial charge < -0.3 is 19.8 Å². The maximum atomic E-state index is 10.1. The zero-order valence-corrected chi connectivity index (χ0v) is 26.3. The zero-order chi connectivity index (χ0) is 30.8. The monoisotopic (exact) mass is 596 g/mol. The van der Waals surface area contributed by atoms with Gasteiger partial charge in [0.25, 0.3) is 0 Å². The van der Waals surface area contributed by atoms with Gasteiger partial charge in [-0.3, -0.25) is 0 Å². The van der Waals surface area contributed by atoms with Crippen molar-refractivity contribution in [2.24, 2.45) is 0 Å². The van der Waals surface area contributed by atoms with Gasteiger partial charge >= 0.3 is 0 Å². The van der Waals surface area contributed by atoms with Crippen LogP contribution in [0.15, 0.2) is 152 Å². The van der Waals surface area contributed by atoms with E-state index in [9.17, 15) is 9.90 Å². The molecule has 0 amide bonds. The van der Waals surface area contributed by atoms with Crippen molar-refractivity contribution >= 4 is 48.2 Å². The van der Waals surface area contributed by atoms with Crippen LogP contribution in [0.1, 0.15) is 10.4 Å². The maximum absolute atomic E-state index is 10.1. The summed E-state index contributed by atoms with van der Waals surface area (Å²) < 4.78 is 0. The highest BCUT2D eigenvalue weighted by atomic mass is 31.2. The lowest BCUT2D eigenvalue weighted by atomic mass is 10.2. The van der Waals surface area contributed by atoms with Crippen LogP contribution in [0.3, 0.4) is 0 Å². The van der Waals surface area contributed by atoms with Crippen LogP contribution in [0.2, 0.25) is 0 Å². The van der Waals surface area contributed by atoms with Crippen LogP contribution in [0.4, 0.5) is 0 Å². The van der Waals surface area contributed by atoms with E-state index in [0.717, 1.165) is 0 Å². The molecule has 0 atom stereocenters. The summed E-state index contributed by atoms with van der Waals surface area (Å²) in [6.07, 6.45) is 0. The molecule has 5 aromatic rings. The second-order valence-electron chi connectivity index (χ2n) is 10.4. The summed E-state index contributed by atoms with van der Waals surface area (Å²) in [6.45, 7) is 8.69. The summed E-state index contributed by atoms with van der Waals surface area (Å²) in [5.74, 6) is -1.13. The zero-order valence-electron chi connectivity index (χ0n) is 24.5. The Morgan fingerprint density at radius 2 is 0.690 bits per heavy atom. The summed E-state index contributed by atoms with van der Waals surface area (Å²) in [5.41, 5.74) is 0.220. The van der Waals surface area contributed by atoms with Crippen molar-refractivity contribution in [1.29, 1.82) is 0 Å². The fraction of sp³-hybridized carbons (Fsp3) is 0.111. The van der Waals surface area contributed by atoms with E-state index in [1.165, 1.54) is 33.4 Å². The first-order valence-electron chi connectivity index (χ1n) is 13.4. The molecule has 5 rings (SSSR count). The van der Waals surface area contributed by atoms with Crippen LogP contribution in [0.25, 0.3) is 0 Å². The Balaban J connectivity index is 0.000000298. The van der Waals surface area contributed by atoms with Gasteiger partial charge in [-0.25, -0.2) is 0 Å². The third-order valence-electron chi connectivity index (χ3n) is 5.58. The standard InChI is InChI=1S/C24H20P.C7H6O2.C4H12P.CH2O2/c1-5-13-21(14-6-1)25(22-15-7-2-8-16-22,23-17-9-3-10-18-23)24-19-11-4-12-20-24;8-7(9)6-4-2-1-3-5-6;1-5(2,3)4;2-1-3/h1-20H;1-5H,(H,8,9);1-4H3;1H,(H,2,3)/q+1;;+1;/p-2. The minimum atomic E-state index is -1.91. The molecule has 0 aliphatic rings. The summed E-state index contributed by atoms with van der Waals surface area (Å²) in [4.78, 5) is 18.3. The Bertz CT molecular complexity index is 1270. The molecule has 0 aromatic heterocycles. The van der Waals surface area contributed by atoms with Gasteiger partial charge in [0.05, 0.1) is 5.97 Å². The van der Waals surface area contributed by atoms with Gasteiger partial charge in [-0.05, 0) is 54.1 Å². The molecule has 6 heteroatoms. The molecule has 4 nitrogen and oxygen atoms in total. The largest absolute Gasteiger partial charge is 0.554 e. The number of benzene rings is 5. The van der Waals surface area contributed by atoms with Crippen LogP contribution >= 0.6 is 14.5 Å². The third kappa shape index (κ3) is 10.7. The number of aromatic carboxylic acids is 1. The Labute approximate surface area is 251 Å². The molecule has 216 valence electrons. The van der Waals surface area contributed by atoms with E-state index in [-0.39, 0.29) is 12.8 Å². The normalized spacial score (nSPS) is 10.3. The van der Waals surface area contributed by atoms with Crippen molar-refractivity contribution in [2.75, 3.05) is 26.7 Å². The Morgan fingerprint density at radius 3 is 0.857 bits per heavy atom. The van der Waals surface area contributed by atoms with E-state index in [1.54, 1.807) is 18.2 Å². The lowest BCUT2D eigenvalue weighted by molar-refractivity contribution is -0.283. The van der Waals surface area contributed by atoms with Gasteiger partial charge in [0.1, 0.15) is 28.5 Å². The first-order chi connectivity index (χ1) is 20.1. The number of hydrogen-bond acceptors (Lipinski definition) is 4. The highest BCUT2D eigenvalue weighted by molar-refractivity contribution is 8.01. The van der Waals surface area contributed by atoms with E-state index >= 15 is 0 Å². The van der Waals surface area contributed by atoms with Crippen molar-refractivity contribution in [3.63, 3.8) is 0 Å². The fourth-order valence-electron chi connectivity index (χ4n) is 4.08. The quantitative estimate of drug-likeness (QED) is 0.225. The van der Waals surface area contributed by atoms with Crippen LogP contribution < -0.4 is 31.4 Å². The molecule has 0 saturated heterocycles. The first kappa shape index (κ1) is 34.1. The Hall–Kier alpha value is -4.10. The average Bonchev–Trinajstić information content (AvgIpc) is 3.00. The summed E-state index contributed by atoms with van der Waals surface area (Å²) in [5, 5.41) is 23.9. The molecule has 0 heterocycles. The topological polar surface area (TPSA) is 80.3 Å². The summed E-state index contributed by atoms with van der Waals surface area (Å²) in [7, 11) is -2.29. The first-order valence-corrected chi connectivity index (χ1v) is 18.7. The predicted octanol–water partition coefficient (Wildman–Crippen LogP) is 4.25. The average molecular weight is 597 g/mol. The van der Waals surface area contributed by atoms with Crippen LogP contribution in [-0.4, -0.2) is 39.1 Å². The summed E-state index contributed by atoms with van der Waals surface area (Å²) in [6, 6.07) is 51.9. The van der Waals surface area contributed by atoms with Crippen LogP contribution in [0, 0.1) is 0 Å². The number of carboxylic acids is 1. The lowest BCUT2D eigenvalue weighted by Crippen LogP contribution is -2.38. The second kappa shape index (κ2) is 17.7. The Morgan fingerprint density at radius 1 is 0.500 bits per heavy atom. The molecule has 0 unspecified atom stereocenters. The van der Waals surface area contributed by atoms with E-state index in [1.807, 2.05) is 0 Å². The molecular formula is C36H38O4P2. The molecule has 42 heavy (non-hydrogen) atoms. The van der Waals surface area contributed by atoms with Gasteiger partial charge in [-0.2, -0.15) is 0 Å². The summed E-state index contributed by atoms with van der Waals surface area (Å²) >= 11 is 0. The van der Waals surface area contributed by atoms with Gasteiger partial charge in [0, 0.05) is 40.4 Å². The fourth-order valence-corrected chi connectivity index (χ4v) is 8.34. The number of carbonyl (C=O) groups is 2. The molecule has 0 bridgehead atoms. The lowest BCUT2D eigenvalue weighted by Gasteiger charge is -2.27. The van der Waals surface area contributed by atoms with E-state index < -0.39 is 19.7 Å². The van der Waals surface area contributed by atoms with Gasteiger partial charge in [-0.1, -0.05) is 103 Å². The molecule has 0 aliphatic carbocycles. The SMILES string of the molecule is C[P+](C)(C)C.O=C([O-])c1ccccc1.O=C[O-].c1ccc([P+](c2ccccc2)(c2ccccc2)c2ccccc2)cc1. The highest BCUT2D eigenvalue weighted by Gasteiger charge is 2.47. The number of carboxylic acid groups (broad SMARTS) is 2. The van der Waals surface area contributed by atoms with E-state index in [0.29, 0.717) is 0 Å². The van der Waals surface area contributed by atoms with E-state index in [2.05, 4.69) is 148 Å². The van der Waals surface area contributed by atoms with Crippen LogP contribution in [-0.2, 0) is 4.79 Å². The third-order valence-corrected chi connectivity index (χ3v) is 9.87. The van der Waals surface area contributed by atoms with Gasteiger partial charge in [-0.15, -0.1) is 0 Å². The van der Waals surface area contributed by atoms with Crippen molar-refractivity contribution in [3.8, 4) is 0 Å². The van der Waals surface area contributed by atoms with Gasteiger partial charge in [0.15, 0.2) is 0 Å². The maximum Gasteiger partial charge on any atom is 0.144 e. The smallest absolute Gasteiger partial charge is 0.144 e. The number of carbonyl (C=O) groups excluding carboxylic acids is 2. The molecule has 5 aromatic carbocycles. The number of hydrogen-bond donors (Lipinski definition) is 0. The number of rotatable bonds is 5. The van der Waals surface area contributed by atoms with Gasteiger partial charge in [0.2, 0.25) is 0 Å². The van der Waals surface area contributed by atoms with Crippen molar-refractivity contribution in [1.82, 2.24) is 0 Å². The highest BCUT2D eigenvalue weighted by Crippen LogP contribution is 2.54. The molecule has 0 spiro atoms. The minimum Gasteiger partial charge on any atom is -0.554 e. The minimum absolute atomic E-state index is 0.220. The van der Waals surface area contributed by atoms with E-state index in [4.69, 9.17) is 9.90 Å². The van der Waals surface area contributed by atoms with Crippen molar-refractivity contribution in [3.05, 3.63) is 157 Å². The Kier molecular flexibility index (Phi) is 14.3. The predicted molar refractivity (Wildman–Crippen MR) is 179 cm³/mol.